The number of aromatic nitrogens is 2. The van der Waals surface area contributed by atoms with Crippen molar-refractivity contribution in [1.82, 2.24) is 15.5 Å². The monoisotopic (exact) mass is 249 g/mol. The van der Waals surface area contributed by atoms with Crippen molar-refractivity contribution in [2.75, 3.05) is 13.7 Å². The summed E-state index contributed by atoms with van der Waals surface area (Å²) in [5.74, 6) is 1.32. The Morgan fingerprint density at radius 2 is 2.33 bits per heavy atom. The maximum atomic E-state index is 9.87. The number of hydrogen-bond donors (Lipinski definition) is 2. The number of phenols is 1. The molecule has 1 aromatic carbocycles. The van der Waals surface area contributed by atoms with E-state index in [1.807, 2.05) is 12.1 Å². The third-order valence-corrected chi connectivity index (χ3v) is 2.55. The van der Waals surface area contributed by atoms with Crippen LogP contribution in [0.5, 0.6) is 11.5 Å². The highest BCUT2D eigenvalue weighted by Gasteiger charge is 2.06. The fourth-order valence-electron chi connectivity index (χ4n) is 1.60. The Bertz CT molecular complexity index is 485. The lowest BCUT2D eigenvalue weighted by Gasteiger charge is -2.09. The van der Waals surface area contributed by atoms with Gasteiger partial charge in [-0.15, -0.1) is 0 Å². The summed E-state index contributed by atoms with van der Waals surface area (Å²) in [7, 11) is 1.53. The lowest BCUT2D eigenvalue weighted by Crippen LogP contribution is -2.17. The van der Waals surface area contributed by atoms with Crippen molar-refractivity contribution in [3.63, 3.8) is 0 Å². The number of aromatic hydroxyl groups is 1. The number of phenolic OH excluding ortho intramolecular Hbond substituents is 1. The van der Waals surface area contributed by atoms with Crippen LogP contribution in [0.2, 0.25) is 0 Å². The molecule has 96 valence electrons. The van der Waals surface area contributed by atoms with Gasteiger partial charge in [-0.05, 0) is 6.07 Å². The van der Waals surface area contributed by atoms with E-state index in [1.165, 1.54) is 13.5 Å². The van der Waals surface area contributed by atoms with E-state index in [-0.39, 0.29) is 5.75 Å². The predicted molar refractivity (Wildman–Crippen MR) is 64.4 cm³/mol. The maximum Gasteiger partial charge on any atom is 0.213 e. The first-order valence-corrected chi connectivity index (χ1v) is 5.62. The Balaban J connectivity index is 1.83. The van der Waals surface area contributed by atoms with Crippen LogP contribution in [-0.2, 0) is 13.0 Å². The summed E-state index contributed by atoms with van der Waals surface area (Å²) in [5.41, 5.74) is 0.794. The van der Waals surface area contributed by atoms with E-state index in [1.54, 1.807) is 6.07 Å². The zero-order valence-corrected chi connectivity index (χ0v) is 10.1. The summed E-state index contributed by atoms with van der Waals surface area (Å²) in [5, 5.41) is 16.8. The molecule has 0 saturated carbocycles. The lowest BCUT2D eigenvalue weighted by molar-refractivity contribution is 0.369. The van der Waals surface area contributed by atoms with Crippen LogP contribution < -0.4 is 10.1 Å². The van der Waals surface area contributed by atoms with Gasteiger partial charge in [0.15, 0.2) is 17.3 Å². The fourth-order valence-corrected chi connectivity index (χ4v) is 1.60. The van der Waals surface area contributed by atoms with Gasteiger partial charge in [0.05, 0.1) is 7.11 Å². The average Bonchev–Trinajstić information content (AvgIpc) is 2.89. The van der Waals surface area contributed by atoms with Crippen LogP contribution in [0.3, 0.4) is 0 Å². The zero-order valence-electron chi connectivity index (χ0n) is 10.1. The molecule has 0 amide bonds. The van der Waals surface area contributed by atoms with E-state index in [0.717, 1.165) is 5.56 Å². The van der Waals surface area contributed by atoms with Gasteiger partial charge >= 0.3 is 0 Å². The normalized spacial score (nSPS) is 10.5. The third kappa shape index (κ3) is 2.98. The van der Waals surface area contributed by atoms with E-state index in [4.69, 9.17) is 4.74 Å². The number of para-hydroxylation sites is 1. The first-order chi connectivity index (χ1) is 8.81. The molecule has 0 bridgehead atoms. The molecule has 0 saturated heterocycles. The summed E-state index contributed by atoms with van der Waals surface area (Å²) in [4.78, 5) is 3.92. The van der Waals surface area contributed by atoms with Crippen LogP contribution in [0.4, 0.5) is 0 Å². The van der Waals surface area contributed by atoms with Gasteiger partial charge in [-0.1, -0.05) is 17.3 Å². The summed E-state index contributed by atoms with van der Waals surface area (Å²) < 4.78 is 9.67. The standard InChI is InChI=1S/C12H15N3O3/c1-17-10-4-2-3-9(12(10)16)7-13-6-5-11-14-8-18-15-11/h2-4,8,13,16H,5-7H2,1H3. The van der Waals surface area contributed by atoms with Crippen LogP contribution >= 0.6 is 0 Å². The van der Waals surface area contributed by atoms with Crippen molar-refractivity contribution in [3.8, 4) is 11.5 Å². The highest BCUT2D eigenvalue weighted by molar-refractivity contribution is 5.45. The van der Waals surface area contributed by atoms with Gasteiger partial charge in [0, 0.05) is 25.1 Å². The first-order valence-electron chi connectivity index (χ1n) is 5.62. The van der Waals surface area contributed by atoms with Crippen LogP contribution in [0.15, 0.2) is 29.1 Å². The Morgan fingerprint density at radius 3 is 3.06 bits per heavy atom. The van der Waals surface area contributed by atoms with Crippen LogP contribution in [0, 0.1) is 0 Å². The molecule has 2 aromatic rings. The average molecular weight is 249 g/mol. The fraction of sp³-hybridized carbons (Fsp3) is 0.333. The number of benzene rings is 1. The van der Waals surface area contributed by atoms with Crippen molar-refractivity contribution in [1.29, 1.82) is 0 Å². The second-order valence-corrected chi connectivity index (χ2v) is 3.74. The maximum absolute atomic E-state index is 9.87. The third-order valence-electron chi connectivity index (χ3n) is 2.55. The Kier molecular flexibility index (Phi) is 4.14. The van der Waals surface area contributed by atoms with Gasteiger partial charge in [0.25, 0.3) is 0 Å². The van der Waals surface area contributed by atoms with Gasteiger partial charge in [-0.2, -0.15) is 4.98 Å². The van der Waals surface area contributed by atoms with Gasteiger partial charge in [-0.3, -0.25) is 0 Å². The molecule has 0 atom stereocenters. The zero-order chi connectivity index (χ0) is 12.8. The van der Waals surface area contributed by atoms with Crippen molar-refractivity contribution >= 4 is 0 Å². The molecule has 0 fully saturated rings. The van der Waals surface area contributed by atoms with Gasteiger partial charge in [-0.25, -0.2) is 0 Å². The van der Waals surface area contributed by atoms with Crippen molar-refractivity contribution in [3.05, 3.63) is 36.0 Å². The molecule has 6 heteroatoms. The number of methoxy groups -OCH3 is 1. The highest BCUT2D eigenvalue weighted by Crippen LogP contribution is 2.28. The molecule has 6 nitrogen and oxygen atoms in total. The molecule has 0 unspecified atom stereocenters. The second kappa shape index (κ2) is 6.02. The Morgan fingerprint density at radius 1 is 1.44 bits per heavy atom. The first kappa shape index (κ1) is 12.4. The number of ether oxygens (including phenoxy) is 1. The molecule has 0 aliphatic rings. The molecular formula is C12H15N3O3. The van der Waals surface area contributed by atoms with E-state index >= 15 is 0 Å². The van der Waals surface area contributed by atoms with Crippen LogP contribution in [0.25, 0.3) is 0 Å². The van der Waals surface area contributed by atoms with Crippen molar-refractivity contribution in [2.45, 2.75) is 13.0 Å². The van der Waals surface area contributed by atoms with E-state index in [2.05, 4.69) is 20.0 Å². The summed E-state index contributed by atoms with van der Waals surface area (Å²) >= 11 is 0. The molecule has 0 radical (unpaired) electrons. The molecule has 0 aliphatic carbocycles. The van der Waals surface area contributed by atoms with E-state index in [9.17, 15) is 5.11 Å². The quantitative estimate of drug-likeness (QED) is 0.747. The smallest absolute Gasteiger partial charge is 0.213 e. The highest BCUT2D eigenvalue weighted by atomic mass is 16.5. The van der Waals surface area contributed by atoms with Crippen molar-refractivity contribution in [2.24, 2.45) is 0 Å². The molecule has 2 N–H and O–H groups in total. The Hall–Kier alpha value is -2.08. The minimum atomic E-state index is 0.173. The van der Waals surface area contributed by atoms with E-state index < -0.39 is 0 Å². The molecule has 0 aliphatic heterocycles. The molecular weight excluding hydrogens is 234 g/mol. The van der Waals surface area contributed by atoms with Gasteiger partial charge in [0.2, 0.25) is 6.39 Å². The summed E-state index contributed by atoms with van der Waals surface area (Å²) in [6, 6.07) is 5.41. The van der Waals surface area contributed by atoms with Crippen LogP contribution in [0.1, 0.15) is 11.4 Å². The number of hydrogen-bond acceptors (Lipinski definition) is 6. The topological polar surface area (TPSA) is 80.4 Å². The van der Waals surface area contributed by atoms with E-state index in [0.29, 0.717) is 31.1 Å². The number of nitrogens with zero attached hydrogens (tertiary/aromatic N) is 2. The Labute approximate surface area is 105 Å². The minimum absolute atomic E-state index is 0.173. The minimum Gasteiger partial charge on any atom is -0.504 e. The summed E-state index contributed by atoms with van der Waals surface area (Å²) in [6.07, 6.45) is 1.99. The largest absolute Gasteiger partial charge is 0.504 e. The van der Waals surface area contributed by atoms with Crippen LogP contribution in [-0.4, -0.2) is 28.9 Å². The molecule has 1 heterocycles. The van der Waals surface area contributed by atoms with Gasteiger partial charge in [0.1, 0.15) is 0 Å². The number of rotatable bonds is 6. The second-order valence-electron chi connectivity index (χ2n) is 3.74. The lowest BCUT2D eigenvalue weighted by atomic mass is 10.2. The number of nitrogens with one attached hydrogen (secondary N) is 1. The molecule has 1 aromatic heterocycles. The summed E-state index contributed by atoms with van der Waals surface area (Å²) in [6.45, 7) is 1.26. The SMILES string of the molecule is COc1cccc(CNCCc2ncon2)c1O. The molecule has 0 spiro atoms. The molecule has 2 rings (SSSR count). The predicted octanol–water partition coefficient (Wildman–Crippen LogP) is 1.12. The van der Waals surface area contributed by atoms with Crippen molar-refractivity contribution < 1.29 is 14.4 Å². The van der Waals surface area contributed by atoms with Gasteiger partial charge < -0.3 is 19.7 Å². The molecule has 18 heavy (non-hydrogen) atoms.